The molecule has 0 spiro atoms. The quantitative estimate of drug-likeness (QED) is 0.163. The molecule has 0 saturated carbocycles. The van der Waals surface area contributed by atoms with Gasteiger partial charge in [-0.05, 0) is 130 Å². The third-order valence-corrected chi connectivity index (χ3v) is 19.1. The molecule has 0 amide bonds. The first kappa shape index (κ1) is 37.1. The lowest BCUT2D eigenvalue weighted by Crippen LogP contribution is -2.72. The van der Waals surface area contributed by atoms with Crippen LogP contribution in [0.3, 0.4) is 0 Å². The van der Waals surface area contributed by atoms with Gasteiger partial charge in [0.25, 0.3) is 6.71 Å². The molecule has 0 aromatic heterocycles. The number of nitrogens with zero attached hydrogens (tertiary/aromatic N) is 2. The largest absolute Gasteiger partial charge is 0.311 e. The summed E-state index contributed by atoms with van der Waals surface area (Å²) in [7, 11) is -2.89. The number of rotatable bonds is 4. The zero-order chi connectivity index (χ0) is 46.9. The lowest BCUT2D eigenvalue weighted by molar-refractivity contribution is 0.590. The molecular weight excluding hydrogens is 788 g/mol. The Balaban J connectivity index is 1.25. The molecule has 3 heterocycles. The van der Waals surface area contributed by atoms with Gasteiger partial charge in [-0.1, -0.05) is 196 Å². The van der Waals surface area contributed by atoms with E-state index in [4.69, 9.17) is 0 Å². The van der Waals surface area contributed by atoms with Crippen LogP contribution in [0.5, 0.6) is 0 Å². The van der Waals surface area contributed by atoms with Gasteiger partial charge in [0.2, 0.25) is 0 Å². The van der Waals surface area contributed by atoms with Crippen molar-refractivity contribution >= 4 is 86.0 Å². The molecule has 0 fully saturated rings. The minimum atomic E-state index is -2.89. The summed E-state index contributed by atoms with van der Waals surface area (Å²) in [4.78, 5) is 4.51. The van der Waals surface area contributed by atoms with Crippen LogP contribution in [0.1, 0.15) is 83.1 Å². The topological polar surface area (TPSA) is 6.48 Å². The Kier molecular flexibility index (Phi) is 8.29. The van der Waals surface area contributed by atoms with E-state index in [-0.39, 0.29) is 41.1 Å². The molecule has 2 nitrogen and oxygen atoms in total. The summed E-state index contributed by atoms with van der Waals surface area (Å²) in [6, 6.07) is 60.7. The third kappa shape index (κ3) is 6.05. The molecule has 3 aliphatic rings. The summed E-state index contributed by atoms with van der Waals surface area (Å²) in [6.07, 6.45) is 0. The molecule has 0 radical (unpaired) electrons. The Morgan fingerprint density at radius 3 is 1.41 bits per heavy atom. The average Bonchev–Trinajstić information content (AvgIpc) is 3.61. The molecule has 0 unspecified atom stereocenters. The van der Waals surface area contributed by atoms with Crippen molar-refractivity contribution in [2.45, 2.75) is 78.6 Å². The Morgan fingerprint density at radius 2 is 0.875 bits per heavy atom. The van der Waals surface area contributed by atoms with E-state index in [1.807, 2.05) is 0 Å². The van der Waals surface area contributed by atoms with Crippen molar-refractivity contribution < 1.29 is 4.11 Å². The predicted molar refractivity (Wildman–Crippen MR) is 279 cm³/mol. The van der Waals surface area contributed by atoms with Gasteiger partial charge in [0, 0.05) is 34.1 Å². The van der Waals surface area contributed by atoms with Crippen molar-refractivity contribution in [2.75, 3.05) is 9.80 Å². The van der Waals surface area contributed by atoms with Crippen molar-refractivity contribution in [1.29, 1.82) is 0 Å². The van der Waals surface area contributed by atoms with Crippen LogP contribution in [0.2, 0.25) is 0 Å². The van der Waals surface area contributed by atoms with Crippen LogP contribution in [-0.2, 0) is 16.2 Å². The van der Waals surface area contributed by atoms with Crippen molar-refractivity contribution in [3.8, 4) is 11.1 Å². The highest BCUT2D eigenvalue weighted by molar-refractivity contribution is 7.22. The van der Waals surface area contributed by atoms with Gasteiger partial charge in [-0.25, -0.2) is 0 Å². The molecule has 8 aromatic rings. The van der Waals surface area contributed by atoms with Crippen LogP contribution in [0.25, 0.3) is 11.1 Å². The van der Waals surface area contributed by atoms with Crippen LogP contribution >= 0.6 is 0 Å². The van der Waals surface area contributed by atoms with E-state index in [9.17, 15) is 4.11 Å². The number of benzene rings is 8. The highest BCUT2D eigenvalue weighted by atomic mass is 28.3. The maximum atomic E-state index is 10.1. The minimum Gasteiger partial charge on any atom is -0.311 e. The smallest absolute Gasteiger partial charge is 0.252 e. The van der Waals surface area contributed by atoms with E-state index in [0.717, 1.165) is 39.1 Å². The zero-order valence-electron chi connectivity index (χ0n) is 41.6. The number of hydrogen-bond donors (Lipinski definition) is 0. The Hall–Kier alpha value is -6.36. The van der Waals surface area contributed by atoms with Crippen LogP contribution in [0.15, 0.2) is 182 Å². The molecule has 8 aromatic carbocycles. The fourth-order valence-electron chi connectivity index (χ4n) is 10.9. The standard InChI is InChI=1S/C60H57BN2Si/c1-58(2,3)40-27-31-43(32-28-40)62-51-35-29-41(59(4,5)6)37-49(51)61-50-38-42(60(7,8)9)30-36-52(50)63(54-25-18-24-53(62)57(54)61)44-33-34-48-47-23-16-17-26-55(47)64(56(48)39-44,45-19-12-10-13-20-45)46-21-14-11-15-22-46/h10-39H,1-9H3/i18D,24D,25D. The SMILES string of the molecule is [2H]c1c([2H])c2c3c(c1[2H])N(c1ccc4c(c1)[Si](c1ccccc1)(c1ccccc1)c1ccccc1-4)c1ccc(C(C)(C)C)cc1B3c1cc(C(C)(C)C)ccc1N2c1ccc(C(C)(C)C)cc1. The van der Waals surface area contributed by atoms with Gasteiger partial charge in [0.15, 0.2) is 8.07 Å². The molecule has 0 saturated heterocycles. The van der Waals surface area contributed by atoms with Gasteiger partial charge in [-0.3, -0.25) is 0 Å². The molecule has 3 aliphatic heterocycles. The summed E-state index contributed by atoms with van der Waals surface area (Å²) in [6.45, 7) is 20.0. The normalized spacial score (nSPS) is 15.3. The van der Waals surface area contributed by atoms with Gasteiger partial charge in [-0.2, -0.15) is 0 Å². The number of fused-ring (bicyclic) bond motifs is 7. The zero-order valence-corrected chi connectivity index (χ0v) is 39.6. The number of anilines is 6. The highest BCUT2D eigenvalue weighted by Crippen LogP contribution is 2.46. The van der Waals surface area contributed by atoms with Crippen LogP contribution in [0, 0.1) is 0 Å². The van der Waals surface area contributed by atoms with Gasteiger partial charge < -0.3 is 9.80 Å². The van der Waals surface area contributed by atoms with E-state index in [2.05, 4.69) is 236 Å². The van der Waals surface area contributed by atoms with Gasteiger partial charge in [0.05, 0.1) is 4.11 Å². The number of hydrogen-bond acceptors (Lipinski definition) is 2. The summed E-state index contributed by atoms with van der Waals surface area (Å²) < 4.78 is 29.8. The first-order valence-corrected chi connectivity index (χ1v) is 24.9. The Morgan fingerprint density at radius 1 is 0.422 bits per heavy atom. The second-order valence-electron chi connectivity index (χ2n) is 21.2. The van der Waals surface area contributed by atoms with Gasteiger partial charge in [-0.15, -0.1) is 0 Å². The van der Waals surface area contributed by atoms with Crippen LogP contribution in [0.4, 0.5) is 34.1 Å². The minimum absolute atomic E-state index is 0.0420. The fraction of sp³-hybridized carbons (Fsp3) is 0.200. The Labute approximate surface area is 386 Å². The summed E-state index contributed by atoms with van der Waals surface area (Å²) in [5.74, 6) is 0. The van der Waals surface area contributed by atoms with E-state index < -0.39 is 8.07 Å². The summed E-state index contributed by atoms with van der Waals surface area (Å²) in [5, 5.41) is 5.33. The van der Waals surface area contributed by atoms with Crippen molar-refractivity contribution in [2.24, 2.45) is 0 Å². The summed E-state index contributed by atoms with van der Waals surface area (Å²) >= 11 is 0. The van der Waals surface area contributed by atoms with Crippen molar-refractivity contribution in [3.05, 3.63) is 199 Å². The Bertz CT molecular complexity index is 3250. The van der Waals surface area contributed by atoms with Gasteiger partial charge in [0.1, 0.15) is 0 Å². The summed E-state index contributed by atoms with van der Waals surface area (Å²) in [5.41, 5.74) is 14.3. The first-order chi connectivity index (χ1) is 31.9. The van der Waals surface area contributed by atoms with Gasteiger partial charge >= 0.3 is 0 Å². The monoisotopic (exact) mass is 847 g/mol. The lowest BCUT2D eigenvalue weighted by atomic mass is 9.33. The predicted octanol–water partition coefficient (Wildman–Crippen LogP) is 11.0. The molecule has 314 valence electrons. The molecule has 0 N–H and O–H groups in total. The molecule has 4 heteroatoms. The van der Waals surface area contributed by atoms with Crippen molar-refractivity contribution in [3.63, 3.8) is 0 Å². The molecule has 0 bridgehead atoms. The van der Waals surface area contributed by atoms with E-state index in [0.29, 0.717) is 11.4 Å². The molecule has 0 aliphatic carbocycles. The molecule has 0 atom stereocenters. The molecule has 11 rings (SSSR count). The van der Waals surface area contributed by atoms with Crippen LogP contribution < -0.4 is 46.9 Å². The highest BCUT2D eigenvalue weighted by Gasteiger charge is 2.50. The average molecular weight is 848 g/mol. The lowest BCUT2D eigenvalue weighted by Gasteiger charge is -2.45. The van der Waals surface area contributed by atoms with E-state index in [1.165, 1.54) is 48.6 Å². The van der Waals surface area contributed by atoms with Crippen molar-refractivity contribution in [1.82, 2.24) is 0 Å². The molecular formula is C60H57BN2Si. The fourth-order valence-corrected chi connectivity index (χ4v) is 16.1. The molecule has 64 heavy (non-hydrogen) atoms. The third-order valence-electron chi connectivity index (χ3n) is 14.2. The maximum absolute atomic E-state index is 10.1. The van der Waals surface area contributed by atoms with Crippen LogP contribution in [-0.4, -0.2) is 14.8 Å². The maximum Gasteiger partial charge on any atom is 0.252 e. The first-order valence-electron chi connectivity index (χ1n) is 24.4. The van der Waals surface area contributed by atoms with E-state index in [1.54, 1.807) is 0 Å². The second kappa shape index (κ2) is 14.3. The second-order valence-corrected chi connectivity index (χ2v) is 24.9. The van der Waals surface area contributed by atoms with E-state index >= 15 is 0 Å².